The van der Waals surface area contributed by atoms with Gasteiger partial charge in [0, 0.05) is 23.4 Å². The van der Waals surface area contributed by atoms with Crippen LogP contribution in [0.1, 0.15) is 45.7 Å². The SMILES string of the molecule is Cc1ccc(C(=O)Nc2ccc(-c3ccc4c(c3)CN(C(C(=O)O)C(C)C)C4=O)cc2)cc1. The lowest BCUT2D eigenvalue weighted by Crippen LogP contribution is -2.44. The molecule has 1 heterocycles. The molecule has 0 saturated carbocycles. The van der Waals surface area contributed by atoms with Crippen molar-refractivity contribution in [1.82, 2.24) is 4.90 Å². The van der Waals surface area contributed by atoms with E-state index in [9.17, 15) is 19.5 Å². The highest BCUT2D eigenvalue weighted by Crippen LogP contribution is 2.31. The molecule has 0 fully saturated rings. The van der Waals surface area contributed by atoms with Gasteiger partial charge in [0.1, 0.15) is 6.04 Å². The maximum atomic E-state index is 12.8. The molecule has 2 amide bonds. The van der Waals surface area contributed by atoms with E-state index < -0.39 is 12.0 Å². The van der Waals surface area contributed by atoms with E-state index in [1.54, 1.807) is 32.0 Å². The van der Waals surface area contributed by atoms with Crippen LogP contribution in [-0.4, -0.2) is 33.8 Å². The molecule has 2 N–H and O–H groups in total. The molecule has 6 nitrogen and oxygen atoms in total. The molecule has 0 aliphatic carbocycles. The normalized spacial score (nSPS) is 13.7. The Bertz CT molecular complexity index is 1210. The zero-order valence-electron chi connectivity index (χ0n) is 18.8. The van der Waals surface area contributed by atoms with Crippen LogP contribution in [0, 0.1) is 12.8 Å². The number of amides is 2. The third kappa shape index (κ3) is 4.51. The molecular weight excluding hydrogens is 416 g/mol. The highest BCUT2D eigenvalue weighted by molar-refractivity contribution is 6.04. The molecule has 33 heavy (non-hydrogen) atoms. The van der Waals surface area contributed by atoms with Crippen LogP contribution in [0.5, 0.6) is 0 Å². The summed E-state index contributed by atoms with van der Waals surface area (Å²) in [5.74, 6) is -1.60. The Hall–Kier alpha value is -3.93. The smallest absolute Gasteiger partial charge is 0.326 e. The lowest BCUT2D eigenvalue weighted by molar-refractivity contribution is -0.144. The Morgan fingerprint density at radius 3 is 2.18 bits per heavy atom. The molecule has 1 atom stereocenters. The van der Waals surface area contributed by atoms with Gasteiger partial charge in [0.2, 0.25) is 0 Å². The van der Waals surface area contributed by atoms with Gasteiger partial charge in [-0.3, -0.25) is 9.59 Å². The van der Waals surface area contributed by atoms with Crippen molar-refractivity contribution < 1.29 is 19.5 Å². The van der Waals surface area contributed by atoms with Crippen molar-refractivity contribution in [1.29, 1.82) is 0 Å². The van der Waals surface area contributed by atoms with E-state index in [-0.39, 0.29) is 24.3 Å². The van der Waals surface area contributed by atoms with Crippen molar-refractivity contribution in [2.24, 2.45) is 5.92 Å². The molecule has 1 unspecified atom stereocenters. The number of nitrogens with one attached hydrogen (secondary N) is 1. The summed E-state index contributed by atoms with van der Waals surface area (Å²) in [6.07, 6.45) is 0. The van der Waals surface area contributed by atoms with Crippen LogP contribution in [0.2, 0.25) is 0 Å². The number of fused-ring (bicyclic) bond motifs is 1. The van der Waals surface area contributed by atoms with E-state index in [0.717, 1.165) is 22.3 Å². The fourth-order valence-corrected chi connectivity index (χ4v) is 4.18. The van der Waals surface area contributed by atoms with E-state index in [2.05, 4.69) is 5.32 Å². The molecule has 0 saturated heterocycles. The molecule has 3 aromatic rings. The van der Waals surface area contributed by atoms with Gasteiger partial charge in [0.25, 0.3) is 11.8 Å². The average molecular weight is 443 g/mol. The van der Waals surface area contributed by atoms with Gasteiger partial charge in [-0.2, -0.15) is 0 Å². The number of rotatable bonds is 6. The maximum absolute atomic E-state index is 12.8. The van der Waals surface area contributed by atoms with Gasteiger partial charge in [-0.1, -0.05) is 49.7 Å². The number of hydrogen-bond acceptors (Lipinski definition) is 3. The topological polar surface area (TPSA) is 86.7 Å². The van der Waals surface area contributed by atoms with E-state index in [4.69, 9.17) is 0 Å². The molecule has 0 radical (unpaired) electrons. The van der Waals surface area contributed by atoms with Gasteiger partial charge in [-0.25, -0.2) is 4.79 Å². The summed E-state index contributed by atoms with van der Waals surface area (Å²) >= 11 is 0. The van der Waals surface area contributed by atoms with Crippen molar-refractivity contribution in [2.75, 3.05) is 5.32 Å². The summed E-state index contributed by atoms with van der Waals surface area (Å²) < 4.78 is 0. The minimum atomic E-state index is -0.991. The minimum Gasteiger partial charge on any atom is -0.480 e. The van der Waals surface area contributed by atoms with Crippen LogP contribution in [0.15, 0.2) is 66.7 Å². The van der Waals surface area contributed by atoms with Crippen molar-refractivity contribution in [3.8, 4) is 11.1 Å². The third-order valence-corrected chi connectivity index (χ3v) is 5.95. The number of hydrogen-bond donors (Lipinski definition) is 2. The summed E-state index contributed by atoms with van der Waals surface area (Å²) in [6.45, 7) is 5.86. The first-order valence-corrected chi connectivity index (χ1v) is 10.9. The van der Waals surface area contributed by atoms with Crippen LogP contribution >= 0.6 is 0 Å². The molecule has 0 bridgehead atoms. The van der Waals surface area contributed by atoms with Crippen molar-refractivity contribution >= 4 is 23.5 Å². The number of nitrogens with zero attached hydrogens (tertiary/aromatic N) is 1. The lowest BCUT2D eigenvalue weighted by atomic mass is 10.0. The quantitative estimate of drug-likeness (QED) is 0.564. The second kappa shape index (κ2) is 8.90. The highest BCUT2D eigenvalue weighted by Gasteiger charge is 2.38. The standard InChI is InChI=1S/C27H26N2O4/c1-16(2)24(27(32)33)29-15-21-14-20(10-13-23(21)26(29)31)18-8-11-22(12-9-18)28-25(30)19-6-4-17(3)5-7-19/h4-14,16,24H,15H2,1-3H3,(H,28,30)(H,32,33). The van der Waals surface area contributed by atoms with Gasteiger partial charge < -0.3 is 15.3 Å². The first-order valence-electron chi connectivity index (χ1n) is 10.9. The van der Waals surface area contributed by atoms with E-state index >= 15 is 0 Å². The third-order valence-electron chi connectivity index (χ3n) is 5.95. The lowest BCUT2D eigenvalue weighted by Gasteiger charge is -2.27. The summed E-state index contributed by atoms with van der Waals surface area (Å²) in [6, 6.07) is 19.6. The van der Waals surface area contributed by atoms with Crippen molar-refractivity contribution in [3.63, 3.8) is 0 Å². The number of carbonyl (C=O) groups is 3. The Labute approximate surface area is 192 Å². The van der Waals surface area contributed by atoms with E-state index in [1.165, 1.54) is 4.90 Å². The Morgan fingerprint density at radius 2 is 1.58 bits per heavy atom. The molecule has 6 heteroatoms. The Morgan fingerprint density at radius 1 is 0.939 bits per heavy atom. The first-order chi connectivity index (χ1) is 15.7. The second-order valence-corrected chi connectivity index (χ2v) is 8.73. The number of anilines is 1. The number of carboxylic acid groups (broad SMARTS) is 1. The summed E-state index contributed by atoms with van der Waals surface area (Å²) in [5.41, 5.74) is 5.62. The number of carboxylic acids is 1. The molecular formula is C27H26N2O4. The summed E-state index contributed by atoms with van der Waals surface area (Å²) in [5, 5.41) is 12.5. The number of aliphatic carboxylic acids is 1. The summed E-state index contributed by atoms with van der Waals surface area (Å²) in [4.78, 5) is 38.4. The van der Waals surface area contributed by atoms with Gasteiger partial charge in [-0.05, 0) is 65.9 Å². The fourth-order valence-electron chi connectivity index (χ4n) is 4.18. The minimum absolute atomic E-state index is 0.169. The molecule has 168 valence electrons. The summed E-state index contributed by atoms with van der Waals surface area (Å²) in [7, 11) is 0. The van der Waals surface area contributed by atoms with Gasteiger partial charge in [0.05, 0.1) is 0 Å². The van der Waals surface area contributed by atoms with Crippen LogP contribution < -0.4 is 5.32 Å². The monoisotopic (exact) mass is 442 g/mol. The van der Waals surface area contributed by atoms with Crippen molar-refractivity contribution in [3.05, 3.63) is 89.0 Å². The molecule has 1 aliphatic heterocycles. The largest absolute Gasteiger partial charge is 0.480 e. The van der Waals surface area contributed by atoms with Crippen molar-refractivity contribution in [2.45, 2.75) is 33.4 Å². The van der Waals surface area contributed by atoms with Crippen LogP contribution in [-0.2, 0) is 11.3 Å². The predicted octanol–water partition coefficient (Wildman–Crippen LogP) is 4.98. The Kier molecular flexibility index (Phi) is 6.01. The molecule has 1 aliphatic rings. The zero-order valence-corrected chi connectivity index (χ0v) is 18.8. The van der Waals surface area contributed by atoms with Crippen LogP contribution in [0.4, 0.5) is 5.69 Å². The molecule has 4 rings (SSSR count). The van der Waals surface area contributed by atoms with Crippen LogP contribution in [0.25, 0.3) is 11.1 Å². The molecule has 0 spiro atoms. The number of carbonyl (C=O) groups excluding carboxylic acids is 2. The molecule has 3 aromatic carbocycles. The second-order valence-electron chi connectivity index (χ2n) is 8.73. The average Bonchev–Trinajstić information content (AvgIpc) is 3.09. The fraction of sp³-hybridized carbons (Fsp3) is 0.222. The van der Waals surface area contributed by atoms with E-state index in [0.29, 0.717) is 16.8 Å². The first kappa shape index (κ1) is 22.3. The number of benzene rings is 3. The van der Waals surface area contributed by atoms with Crippen LogP contribution in [0.3, 0.4) is 0 Å². The predicted molar refractivity (Wildman–Crippen MR) is 127 cm³/mol. The van der Waals surface area contributed by atoms with Gasteiger partial charge in [0.15, 0.2) is 0 Å². The van der Waals surface area contributed by atoms with Gasteiger partial charge >= 0.3 is 5.97 Å². The molecule has 0 aromatic heterocycles. The Balaban J connectivity index is 1.51. The highest BCUT2D eigenvalue weighted by atomic mass is 16.4. The maximum Gasteiger partial charge on any atom is 0.326 e. The van der Waals surface area contributed by atoms with E-state index in [1.807, 2.05) is 55.5 Å². The number of aryl methyl sites for hydroxylation is 1. The zero-order chi connectivity index (χ0) is 23.7. The van der Waals surface area contributed by atoms with Gasteiger partial charge in [-0.15, -0.1) is 0 Å².